The Bertz CT molecular complexity index is 382. The molecule has 1 aromatic rings. The highest BCUT2D eigenvalue weighted by Gasteiger charge is 2.25. The van der Waals surface area contributed by atoms with E-state index in [9.17, 15) is 13.2 Å². The van der Waals surface area contributed by atoms with Crippen LogP contribution in [0.3, 0.4) is 0 Å². The van der Waals surface area contributed by atoms with Gasteiger partial charge in [0.15, 0.2) is 0 Å². The highest BCUT2D eigenvalue weighted by Crippen LogP contribution is 2.22. The molecule has 0 unspecified atom stereocenters. The van der Waals surface area contributed by atoms with Gasteiger partial charge in [0.25, 0.3) is 0 Å². The van der Waals surface area contributed by atoms with Gasteiger partial charge in [0.2, 0.25) is 5.88 Å². The van der Waals surface area contributed by atoms with E-state index in [0.29, 0.717) is 24.0 Å². The fourth-order valence-electron chi connectivity index (χ4n) is 1.31. The number of anilines is 2. The first-order valence-electron chi connectivity index (χ1n) is 5.62. The van der Waals surface area contributed by atoms with E-state index in [1.807, 2.05) is 0 Å². The molecule has 0 aliphatic rings. The standard InChI is InChI=1S/C11H16F3N3O/c1-2-18-10-8(15)4-5-9(17-10)16-7-3-6-11(12,13)14/h4-5H,2-3,6-7,15H2,1H3,(H,16,17). The lowest BCUT2D eigenvalue weighted by Crippen LogP contribution is -2.11. The van der Waals surface area contributed by atoms with Crippen LogP contribution in [-0.4, -0.2) is 24.3 Å². The number of pyridine rings is 1. The van der Waals surface area contributed by atoms with Crippen molar-refractivity contribution in [3.05, 3.63) is 12.1 Å². The van der Waals surface area contributed by atoms with E-state index in [2.05, 4.69) is 10.3 Å². The van der Waals surface area contributed by atoms with E-state index >= 15 is 0 Å². The molecular weight excluding hydrogens is 247 g/mol. The summed E-state index contributed by atoms with van der Waals surface area (Å²) in [6.07, 6.45) is -4.93. The topological polar surface area (TPSA) is 60.2 Å². The molecule has 1 rings (SSSR count). The fourth-order valence-corrected chi connectivity index (χ4v) is 1.31. The summed E-state index contributed by atoms with van der Waals surface area (Å²) in [5.41, 5.74) is 6.02. The number of nitrogens with two attached hydrogens (primary N) is 1. The largest absolute Gasteiger partial charge is 0.476 e. The zero-order chi connectivity index (χ0) is 13.6. The molecule has 1 heterocycles. The predicted molar refractivity (Wildman–Crippen MR) is 63.6 cm³/mol. The van der Waals surface area contributed by atoms with Crippen molar-refractivity contribution in [2.45, 2.75) is 25.9 Å². The molecule has 0 amide bonds. The van der Waals surface area contributed by atoms with Gasteiger partial charge in [-0.15, -0.1) is 0 Å². The third kappa shape index (κ3) is 5.11. The molecule has 0 atom stereocenters. The molecule has 18 heavy (non-hydrogen) atoms. The predicted octanol–water partition coefficient (Wildman–Crippen LogP) is 2.82. The maximum atomic E-state index is 11.9. The van der Waals surface area contributed by atoms with E-state index in [-0.39, 0.29) is 13.0 Å². The fraction of sp³-hybridized carbons (Fsp3) is 0.545. The molecule has 0 radical (unpaired) electrons. The van der Waals surface area contributed by atoms with Crippen LogP contribution in [0, 0.1) is 0 Å². The molecule has 1 aromatic heterocycles. The molecule has 0 saturated heterocycles. The molecule has 102 valence electrons. The minimum absolute atomic E-state index is 0.000472. The van der Waals surface area contributed by atoms with Gasteiger partial charge in [0.1, 0.15) is 5.82 Å². The van der Waals surface area contributed by atoms with Crippen LogP contribution in [0.5, 0.6) is 5.88 Å². The molecule has 0 aromatic carbocycles. The second-order valence-corrected chi connectivity index (χ2v) is 3.67. The maximum Gasteiger partial charge on any atom is 0.389 e. The molecule has 4 nitrogen and oxygen atoms in total. The van der Waals surface area contributed by atoms with Crippen molar-refractivity contribution in [3.63, 3.8) is 0 Å². The van der Waals surface area contributed by atoms with Gasteiger partial charge in [0, 0.05) is 13.0 Å². The number of hydrogen-bond acceptors (Lipinski definition) is 4. The molecule has 0 aliphatic carbocycles. The number of ether oxygens (including phenoxy) is 1. The van der Waals surface area contributed by atoms with Gasteiger partial charge in [-0.1, -0.05) is 0 Å². The number of hydrogen-bond donors (Lipinski definition) is 2. The zero-order valence-electron chi connectivity index (χ0n) is 10.0. The number of rotatable bonds is 6. The van der Waals surface area contributed by atoms with E-state index in [0.717, 1.165) is 0 Å². The SMILES string of the molecule is CCOc1nc(NCCCC(F)(F)F)ccc1N. The first kappa shape index (κ1) is 14.4. The van der Waals surface area contributed by atoms with Crippen molar-refractivity contribution < 1.29 is 17.9 Å². The minimum Gasteiger partial charge on any atom is -0.476 e. The Morgan fingerprint density at radius 1 is 1.39 bits per heavy atom. The van der Waals surface area contributed by atoms with Gasteiger partial charge in [-0.05, 0) is 25.5 Å². The number of aromatic nitrogens is 1. The van der Waals surface area contributed by atoms with E-state index in [4.69, 9.17) is 10.5 Å². The number of alkyl halides is 3. The third-order valence-electron chi connectivity index (χ3n) is 2.11. The molecule has 7 heteroatoms. The van der Waals surface area contributed by atoms with Crippen molar-refractivity contribution in [1.29, 1.82) is 0 Å². The Balaban J connectivity index is 2.45. The molecule has 3 N–H and O–H groups in total. The average molecular weight is 263 g/mol. The number of halogens is 3. The summed E-state index contributed by atoms with van der Waals surface area (Å²) in [7, 11) is 0. The highest BCUT2D eigenvalue weighted by atomic mass is 19.4. The summed E-state index contributed by atoms with van der Waals surface area (Å²) < 4.78 is 40.9. The van der Waals surface area contributed by atoms with Crippen LogP contribution in [-0.2, 0) is 0 Å². The second kappa shape index (κ2) is 6.32. The molecule has 0 aliphatic heterocycles. The lowest BCUT2D eigenvalue weighted by molar-refractivity contribution is -0.134. The Kier molecular flexibility index (Phi) is 5.06. The first-order valence-corrected chi connectivity index (χ1v) is 5.62. The summed E-state index contributed by atoms with van der Waals surface area (Å²) in [4.78, 5) is 4.06. The average Bonchev–Trinajstić information content (AvgIpc) is 2.28. The van der Waals surface area contributed by atoms with Crippen LogP contribution in [0.15, 0.2) is 12.1 Å². The van der Waals surface area contributed by atoms with Gasteiger partial charge < -0.3 is 15.8 Å². The lowest BCUT2D eigenvalue weighted by atomic mass is 10.3. The number of nitrogen functional groups attached to an aromatic ring is 1. The van der Waals surface area contributed by atoms with E-state index < -0.39 is 12.6 Å². The van der Waals surface area contributed by atoms with Crippen molar-refractivity contribution in [1.82, 2.24) is 4.98 Å². The van der Waals surface area contributed by atoms with Crippen LogP contribution >= 0.6 is 0 Å². The Labute approximate surface area is 103 Å². The van der Waals surface area contributed by atoms with Gasteiger partial charge >= 0.3 is 6.18 Å². The van der Waals surface area contributed by atoms with Gasteiger partial charge in [0.05, 0.1) is 12.3 Å². The second-order valence-electron chi connectivity index (χ2n) is 3.67. The molecule has 0 bridgehead atoms. The Hall–Kier alpha value is -1.66. The van der Waals surface area contributed by atoms with Gasteiger partial charge in [-0.25, -0.2) is 0 Å². The van der Waals surface area contributed by atoms with Crippen LogP contribution in [0.1, 0.15) is 19.8 Å². The summed E-state index contributed by atoms with van der Waals surface area (Å²) in [5, 5.41) is 2.80. The number of nitrogens with zero attached hydrogens (tertiary/aromatic N) is 1. The van der Waals surface area contributed by atoms with Crippen molar-refractivity contribution >= 4 is 11.5 Å². The van der Waals surface area contributed by atoms with Crippen LogP contribution in [0.25, 0.3) is 0 Å². The third-order valence-corrected chi connectivity index (χ3v) is 2.11. The quantitative estimate of drug-likeness (QED) is 0.775. The highest BCUT2D eigenvalue weighted by molar-refractivity contribution is 5.53. The van der Waals surface area contributed by atoms with Crippen molar-refractivity contribution in [3.8, 4) is 5.88 Å². The van der Waals surface area contributed by atoms with Crippen molar-refractivity contribution in [2.24, 2.45) is 0 Å². The van der Waals surface area contributed by atoms with Crippen LogP contribution in [0.4, 0.5) is 24.7 Å². The first-order chi connectivity index (χ1) is 8.42. The molecular formula is C11H16F3N3O. The van der Waals surface area contributed by atoms with Crippen LogP contribution in [0.2, 0.25) is 0 Å². The molecule has 0 spiro atoms. The van der Waals surface area contributed by atoms with E-state index in [1.54, 1.807) is 19.1 Å². The maximum absolute atomic E-state index is 11.9. The summed E-state index contributed by atoms with van der Waals surface area (Å²) in [5.74, 6) is 0.744. The summed E-state index contributed by atoms with van der Waals surface area (Å²) in [6, 6.07) is 3.20. The van der Waals surface area contributed by atoms with E-state index in [1.165, 1.54) is 0 Å². The smallest absolute Gasteiger partial charge is 0.389 e. The number of nitrogens with one attached hydrogen (secondary N) is 1. The Morgan fingerprint density at radius 3 is 2.72 bits per heavy atom. The monoisotopic (exact) mass is 263 g/mol. The molecule has 0 saturated carbocycles. The summed E-state index contributed by atoms with van der Waals surface area (Å²) >= 11 is 0. The van der Waals surface area contributed by atoms with Gasteiger partial charge in [-0.2, -0.15) is 18.2 Å². The van der Waals surface area contributed by atoms with Crippen molar-refractivity contribution in [2.75, 3.05) is 24.2 Å². The zero-order valence-corrected chi connectivity index (χ0v) is 10.0. The summed E-state index contributed by atoms with van der Waals surface area (Å²) in [6.45, 7) is 2.42. The lowest BCUT2D eigenvalue weighted by Gasteiger charge is -2.10. The Morgan fingerprint density at radius 2 is 2.11 bits per heavy atom. The molecule has 0 fully saturated rings. The normalized spacial score (nSPS) is 11.3. The van der Waals surface area contributed by atoms with Crippen LogP contribution < -0.4 is 15.8 Å². The van der Waals surface area contributed by atoms with Gasteiger partial charge in [-0.3, -0.25) is 0 Å². The minimum atomic E-state index is -4.12.